The van der Waals surface area contributed by atoms with Crippen molar-refractivity contribution in [1.29, 1.82) is 5.26 Å². The molecule has 4 rings (SSSR count). The molecule has 0 aliphatic carbocycles. The molecule has 0 saturated carbocycles. The Balaban J connectivity index is 1.73. The number of nitrogens with zero attached hydrogens (tertiary/aromatic N) is 6. The van der Waals surface area contributed by atoms with E-state index in [1.165, 1.54) is 0 Å². The van der Waals surface area contributed by atoms with E-state index in [-0.39, 0.29) is 0 Å². The highest BCUT2D eigenvalue weighted by molar-refractivity contribution is 5.66. The predicted octanol–water partition coefficient (Wildman–Crippen LogP) is 2.59. The first kappa shape index (κ1) is 13.8. The average Bonchev–Trinajstić information content (AvgIpc) is 3.32. The number of tetrazole rings is 1. The summed E-state index contributed by atoms with van der Waals surface area (Å²) in [7, 11) is 0. The lowest BCUT2D eigenvalue weighted by Gasteiger charge is -2.02. The maximum atomic E-state index is 9.38. The fourth-order valence-electron chi connectivity index (χ4n) is 2.45. The van der Waals surface area contributed by atoms with E-state index >= 15 is 0 Å². The lowest BCUT2D eigenvalue weighted by Crippen LogP contribution is -1.95. The van der Waals surface area contributed by atoms with Crippen molar-refractivity contribution in [1.82, 2.24) is 30.4 Å². The molecule has 0 bridgehead atoms. The number of benzene rings is 2. The Morgan fingerprint density at radius 3 is 2.42 bits per heavy atom. The van der Waals surface area contributed by atoms with Crippen molar-refractivity contribution >= 4 is 0 Å². The summed E-state index contributed by atoms with van der Waals surface area (Å²) < 4.78 is 1.70. The Labute approximate surface area is 137 Å². The molecule has 4 aromatic rings. The van der Waals surface area contributed by atoms with Gasteiger partial charge in [0.1, 0.15) is 11.8 Å². The fraction of sp³-hybridized carbons (Fsp3) is 0. The molecule has 0 aliphatic rings. The first-order valence-corrected chi connectivity index (χ1v) is 7.25. The van der Waals surface area contributed by atoms with E-state index in [2.05, 4.69) is 31.8 Å². The number of hydrogen-bond donors (Lipinski definition) is 1. The van der Waals surface area contributed by atoms with E-state index < -0.39 is 0 Å². The molecule has 0 spiro atoms. The van der Waals surface area contributed by atoms with Crippen LogP contribution in [0.3, 0.4) is 0 Å². The van der Waals surface area contributed by atoms with Crippen LogP contribution in [0.25, 0.3) is 28.3 Å². The van der Waals surface area contributed by atoms with Crippen molar-refractivity contribution in [2.75, 3.05) is 0 Å². The van der Waals surface area contributed by atoms with E-state index in [9.17, 15) is 5.26 Å². The molecule has 114 valence electrons. The molecule has 0 radical (unpaired) electrons. The number of nitrogens with one attached hydrogen (secondary N) is 1. The van der Waals surface area contributed by atoms with Crippen LogP contribution in [-0.2, 0) is 0 Å². The van der Waals surface area contributed by atoms with Crippen LogP contribution in [-0.4, -0.2) is 30.4 Å². The van der Waals surface area contributed by atoms with Gasteiger partial charge in [-0.2, -0.15) is 10.4 Å². The Morgan fingerprint density at radius 2 is 1.75 bits per heavy atom. The standard InChI is InChI=1S/C17H11N7/c18-10-14-11-24(21-16(14)12-4-2-1-3-5-12)15-8-6-13(7-9-15)17-19-22-23-20-17/h1-9,11H,(H,19,20,22,23). The number of aromatic amines is 1. The third kappa shape index (κ3) is 2.42. The molecule has 2 heterocycles. The monoisotopic (exact) mass is 313 g/mol. The minimum Gasteiger partial charge on any atom is -0.239 e. The Bertz CT molecular complexity index is 994. The molecular weight excluding hydrogens is 302 g/mol. The van der Waals surface area contributed by atoms with Gasteiger partial charge < -0.3 is 0 Å². The van der Waals surface area contributed by atoms with Gasteiger partial charge in [0.2, 0.25) is 0 Å². The minimum atomic E-state index is 0.532. The normalized spacial score (nSPS) is 10.5. The molecule has 2 aromatic heterocycles. The van der Waals surface area contributed by atoms with Crippen LogP contribution in [0.4, 0.5) is 0 Å². The zero-order valence-electron chi connectivity index (χ0n) is 12.5. The average molecular weight is 313 g/mol. The van der Waals surface area contributed by atoms with E-state index in [0.717, 1.165) is 16.8 Å². The van der Waals surface area contributed by atoms with Crippen LogP contribution in [0.1, 0.15) is 5.56 Å². The number of aromatic nitrogens is 6. The lowest BCUT2D eigenvalue weighted by atomic mass is 10.1. The second-order valence-electron chi connectivity index (χ2n) is 5.11. The molecule has 24 heavy (non-hydrogen) atoms. The smallest absolute Gasteiger partial charge is 0.179 e. The highest BCUT2D eigenvalue weighted by Gasteiger charge is 2.12. The van der Waals surface area contributed by atoms with Crippen molar-refractivity contribution in [3.8, 4) is 34.4 Å². The SMILES string of the molecule is N#Cc1cn(-c2ccc(-c3nnn[nH]3)cc2)nc1-c1ccccc1. The van der Waals surface area contributed by atoms with Crippen LogP contribution in [0.5, 0.6) is 0 Å². The van der Waals surface area contributed by atoms with Gasteiger partial charge >= 0.3 is 0 Å². The van der Waals surface area contributed by atoms with Gasteiger partial charge in [-0.1, -0.05) is 30.3 Å². The Kier molecular flexibility index (Phi) is 3.33. The minimum absolute atomic E-state index is 0.532. The van der Waals surface area contributed by atoms with Gasteiger partial charge in [0.05, 0.1) is 11.3 Å². The van der Waals surface area contributed by atoms with Crippen molar-refractivity contribution in [2.24, 2.45) is 0 Å². The lowest BCUT2D eigenvalue weighted by molar-refractivity contribution is 0.881. The summed E-state index contributed by atoms with van der Waals surface area (Å²) in [6, 6.07) is 19.5. The molecule has 0 fully saturated rings. The highest BCUT2D eigenvalue weighted by atomic mass is 15.5. The largest absolute Gasteiger partial charge is 0.239 e. The van der Waals surface area contributed by atoms with Crippen molar-refractivity contribution in [3.05, 3.63) is 66.4 Å². The molecule has 0 atom stereocenters. The molecule has 0 saturated heterocycles. The Hall–Kier alpha value is -3.79. The number of rotatable bonds is 3. The topological polar surface area (TPSA) is 96.1 Å². The Morgan fingerprint density at radius 1 is 0.958 bits per heavy atom. The van der Waals surface area contributed by atoms with E-state index in [0.29, 0.717) is 17.1 Å². The van der Waals surface area contributed by atoms with E-state index in [1.54, 1.807) is 10.9 Å². The molecule has 7 nitrogen and oxygen atoms in total. The number of hydrogen-bond acceptors (Lipinski definition) is 5. The summed E-state index contributed by atoms with van der Waals surface area (Å²) in [6.45, 7) is 0. The molecule has 0 unspecified atom stereocenters. The first-order chi connectivity index (χ1) is 11.8. The summed E-state index contributed by atoms with van der Waals surface area (Å²) in [5.74, 6) is 0.602. The third-order valence-electron chi connectivity index (χ3n) is 3.63. The summed E-state index contributed by atoms with van der Waals surface area (Å²) in [5, 5.41) is 27.7. The van der Waals surface area contributed by atoms with Gasteiger partial charge in [-0.05, 0) is 34.7 Å². The van der Waals surface area contributed by atoms with Crippen LogP contribution < -0.4 is 0 Å². The molecular formula is C17H11N7. The zero-order valence-corrected chi connectivity index (χ0v) is 12.5. The molecule has 0 aliphatic heterocycles. The quantitative estimate of drug-likeness (QED) is 0.627. The maximum absolute atomic E-state index is 9.38. The summed E-state index contributed by atoms with van der Waals surface area (Å²) >= 11 is 0. The van der Waals surface area contributed by atoms with Crippen molar-refractivity contribution in [2.45, 2.75) is 0 Å². The molecule has 2 aromatic carbocycles. The summed E-state index contributed by atoms with van der Waals surface area (Å²) in [4.78, 5) is 0. The van der Waals surface area contributed by atoms with Gasteiger partial charge in [-0.15, -0.1) is 5.10 Å². The van der Waals surface area contributed by atoms with Gasteiger partial charge in [-0.25, -0.2) is 9.78 Å². The molecule has 0 amide bonds. The third-order valence-corrected chi connectivity index (χ3v) is 3.63. The van der Waals surface area contributed by atoms with E-state index in [4.69, 9.17) is 0 Å². The first-order valence-electron chi connectivity index (χ1n) is 7.25. The second kappa shape index (κ2) is 5.78. The van der Waals surface area contributed by atoms with Crippen molar-refractivity contribution in [3.63, 3.8) is 0 Å². The maximum Gasteiger partial charge on any atom is 0.179 e. The van der Waals surface area contributed by atoms with Gasteiger partial charge in [0.25, 0.3) is 0 Å². The molecule has 7 heteroatoms. The summed E-state index contributed by atoms with van der Waals surface area (Å²) in [6.07, 6.45) is 1.73. The number of H-pyrrole nitrogens is 1. The molecule has 1 N–H and O–H groups in total. The van der Waals surface area contributed by atoms with Crippen LogP contribution in [0.2, 0.25) is 0 Å². The van der Waals surface area contributed by atoms with Crippen LogP contribution in [0.15, 0.2) is 60.8 Å². The van der Waals surface area contributed by atoms with Crippen molar-refractivity contribution < 1.29 is 0 Å². The van der Waals surface area contributed by atoms with Gasteiger partial charge in [0.15, 0.2) is 5.82 Å². The predicted molar refractivity (Wildman–Crippen MR) is 86.9 cm³/mol. The second-order valence-corrected chi connectivity index (χ2v) is 5.11. The van der Waals surface area contributed by atoms with Gasteiger partial charge in [0, 0.05) is 17.3 Å². The summed E-state index contributed by atoms with van der Waals surface area (Å²) in [5.41, 5.74) is 3.84. The van der Waals surface area contributed by atoms with E-state index in [1.807, 2.05) is 54.6 Å². The van der Waals surface area contributed by atoms with Crippen LogP contribution >= 0.6 is 0 Å². The van der Waals surface area contributed by atoms with Crippen LogP contribution in [0, 0.1) is 11.3 Å². The number of nitriles is 1. The fourth-order valence-corrected chi connectivity index (χ4v) is 2.45. The highest BCUT2D eigenvalue weighted by Crippen LogP contribution is 2.23. The zero-order chi connectivity index (χ0) is 16.4. The van der Waals surface area contributed by atoms with Gasteiger partial charge in [-0.3, -0.25) is 0 Å².